The minimum absolute atomic E-state index is 0.0898. The highest BCUT2D eigenvalue weighted by molar-refractivity contribution is 6.30. The number of rotatable bonds is 5. The molecule has 6 heteroatoms. The van der Waals surface area contributed by atoms with E-state index in [2.05, 4.69) is 29.2 Å². The molecule has 1 amide bonds. The average Bonchev–Trinajstić information content (AvgIpc) is 3.30. The minimum Gasteiger partial charge on any atom is -0.337 e. The monoisotopic (exact) mass is 381 g/mol. The van der Waals surface area contributed by atoms with Crippen molar-refractivity contribution >= 4 is 17.5 Å². The van der Waals surface area contributed by atoms with Crippen molar-refractivity contribution in [3.8, 4) is 11.4 Å². The van der Waals surface area contributed by atoms with Crippen LogP contribution in [0.5, 0.6) is 0 Å². The van der Waals surface area contributed by atoms with Gasteiger partial charge >= 0.3 is 0 Å². The summed E-state index contributed by atoms with van der Waals surface area (Å²) < 4.78 is 5.52. The van der Waals surface area contributed by atoms with Crippen LogP contribution in [-0.4, -0.2) is 20.9 Å². The third-order valence-electron chi connectivity index (χ3n) is 4.92. The van der Waals surface area contributed by atoms with E-state index < -0.39 is 0 Å². The lowest BCUT2D eigenvalue weighted by Crippen LogP contribution is -2.27. The van der Waals surface area contributed by atoms with Crippen LogP contribution in [0.4, 0.5) is 0 Å². The van der Waals surface area contributed by atoms with Crippen LogP contribution in [0, 0.1) is 0 Å². The lowest BCUT2D eigenvalue weighted by atomic mass is 10.1. The van der Waals surface area contributed by atoms with Crippen molar-refractivity contribution in [2.24, 2.45) is 0 Å². The molecular formula is C21H20ClN3O2. The number of hydrogen-bond acceptors (Lipinski definition) is 4. The fourth-order valence-corrected chi connectivity index (χ4v) is 3.61. The predicted molar refractivity (Wildman–Crippen MR) is 103 cm³/mol. The first kappa shape index (κ1) is 17.7. The average molecular weight is 382 g/mol. The third-order valence-corrected chi connectivity index (χ3v) is 5.15. The van der Waals surface area contributed by atoms with Crippen LogP contribution in [0.25, 0.3) is 11.4 Å². The van der Waals surface area contributed by atoms with Gasteiger partial charge in [-0.05, 0) is 36.1 Å². The minimum atomic E-state index is -0.201. The Kier molecular flexibility index (Phi) is 4.94. The zero-order valence-electron chi connectivity index (χ0n) is 15.1. The molecule has 0 N–H and O–H groups in total. The van der Waals surface area contributed by atoms with Crippen molar-refractivity contribution in [2.75, 3.05) is 0 Å². The molecule has 1 aromatic heterocycles. The molecule has 1 aliphatic rings. The van der Waals surface area contributed by atoms with Gasteiger partial charge in [0.25, 0.3) is 0 Å². The maximum Gasteiger partial charge on any atom is 0.249 e. The van der Waals surface area contributed by atoms with E-state index in [4.69, 9.17) is 16.1 Å². The summed E-state index contributed by atoms with van der Waals surface area (Å²) in [6.07, 6.45) is 2.14. The van der Waals surface area contributed by atoms with Crippen LogP contribution in [0.1, 0.15) is 42.8 Å². The van der Waals surface area contributed by atoms with Crippen LogP contribution in [0.15, 0.2) is 53.1 Å². The summed E-state index contributed by atoms with van der Waals surface area (Å²) in [6.45, 7) is 2.60. The summed E-state index contributed by atoms with van der Waals surface area (Å²) in [5.74, 6) is 1.12. The first-order valence-corrected chi connectivity index (χ1v) is 9.48. The summed E-state index contributed by atoms with van der Waals surface area (Å²) in [6, 6.07) is 15.5. The second-order valence-corrected chi connectivity index (χ2v) is 7.15. The zero-order valence-corrected chi connectivity index (χ0v) is 15.8. The molecule has 1 fully saturated rings. The van der Waals surface area contributed by atoms with Gasteiger partial charge in [0.2, 0.25) is 17.6 Å². The molecule has 1 saturated heterocycles. The molecule has 0 saturated carbocycles. The molecule has 27 heavy (non-hydrogen) atoms. The van der Waals surface area contributed by atoms with Gasteiger partial charge in [0, 0.05) is 23.6 Å². The number of likely N-dealkylation sites (tertiary alicyclic amines) is 1. The van der Waals surface area contributed by atoms with Gasteiger partial charge in [0.05, 0.1) is 0 Å². The molecule has 1 unspecified atom stereocenters. The van der Waals surface area contributed by atoms with Gasteiger partial charge in [-0.1, -0.05) is 60.1 Å². The highest BCUT2D eigenvalue weighted by Gasteiger charge is 2.36. The highest BCUT2D eigenvalue weighted by atomic mass is 35.5. The number of hydrogen-bond donors (Lipinski definition) is 0. The smallest absolute Gasteiger partial charge is 0.249 e. The van der Waals surface area contributed by atoms with E-state index in [0.29, 0.717) is 36.1 Å². The van der Waals surface area contributed by atoms with Gasteiger partial charge in [-0.3, -0.25) is 4.79 Å². The molecule has 5 nitrogen and oxygen atoms in total. The number of benzene rings is 2. The zero-order chi connectivity index (χ0) is 18.8. The van der Waals surface area contributed by atoms with Crippen LogP contribution in [0.2, 0.25) is 5.02 Å². The summed E-state index contributed by atoms with van der Waals surface area (Å²) in [5, 5.41) is 4.78. The normalized spacial score (nSPS) is 16.9. The maximum absolute atomic E-state index is 12.4. The van der Waals surface area contributed by atoms with Crippen molar-refractivity contribution in [1.29, 1.82) is 0 Å². The summed E-state index contributed by atoms with van der Waals surface area (Å²) in [7, 11) is 0. The Morgan fingerprint density at radius 1 is 1.19 bits per heavy atom. The number of aromatic nitrogens is 2. The van der Waals surface area contributed by atoms with Gasteiger partial charge in [-0.2, -0.15) is 4.98 Å². The first-order valence-electron chi connectivity index (χ1n) is 9.11. The van der Waals surface area contributed by atoms with Gasteiger partial charge in [-0.25, -0.2) is 0 Å². The molecule has 1 aliphatic heterocycles. The van der Waals surface area contributed by atoms with Gasteiger partial charge < -0.3 is 9.42 Å². The predicted octanol–water partition coefficient (Wildman–Crippen LogP) is 4.82. The van der Waals surface area contributed by atoms with E-state index in [0.717, 1.165) is 17.5 Å². The molecule has 2 heterocycles. The van der Waals surface area contributed by atoms with Crippen LogP contribution >= 0.6 is 11.6 Å². The van der Waals surface area contributed by atoms with E-state index in [1.165, 1.54) is 5.56 Å². The van der Waals surface area contributed by atoms with Crippen molar-refractivity contribution in [2.45, 2.75) is 38.8 Å². The molecular weight excluding hydrogens is 362 g/mol. The van der Waals surface area contributed by atoms with Crippen molar-refractivity contribution < 1.29 is 9.32 Å². The molecule has 0 radical (unpaired) electrons. The quantitative estimate of drug-likeness (QED) is 0.636. The number of halogens is 1. The van der Waals surface area contributed by atoms with Gasteiger partial charge in [0.1, 0.15) is 6.04 Å². The number of nitrogens with zero attached hydrogens (tertiary/aromatic N) is 3. The Balaban J connectivity index is 1.56. The van der Waals surface area contributed by atoms with Crippen LogP contribution in [0.3, 0.4) is 0 Å². The standard InChI is InChI=1S/C21H20ClN3O2/c1-2-14-6-8-16(9-7-14)20-23-21(27-24-20)18-10-11-19(26)25(18)13-15-4-3-5-17(22)12-15/h3-9,12,18H,2,10-11,13H2,1H3. The number of aryl methyl sites for hydroxylation is 1. The summed E-state index contributed by atoms with van der Waals surface area (Å²) in [5.41, 5.74) is 3.15. The van der Waals surface area contributed by atoms with Gasteiger partial charge in [-0.15, -0.1) is 0 Å². The SMILES string of the molecule is CCc1ccc(-c2noc(C3CCC(=O)N3Cc3cccc(Cl)c3)n2)cc1. The Morgan fingerprint density at radius 3 is 2.74 bits per heavy atom. The third kappa shape index (κ3) is 3.74. The molecule has 4 rings (SSSR count). The van der Waals surface area contributed by atoms with Crippen molar-refractivity contribution in [3.63, 3.8) is 0 Å². The molecule has 138 valence electrons. The molecule has 2 aromatic carbocycles. The largest absolute Gasteiger partial charge is 0.337 e. The van der Waals surface area contributed by atoms with E-state index >= 15 is 0 Å². The van der Waals surface area contributed by atoms with Gasteiger partial charge in [0.15, 0.2) is 0 Å². The summed E-state index contributed by atoms with van der Waals surface area (Å²) >= 11 is 6.07. The Morgan fingerprint density at radius 2 is 2.00 bits per heavy atom. The maximum atomic E-state index is 12.4. The second-order valence-electron chi connectivity index (χ2n) is 6.71. The Bertz CT molecular complexity index is 952. The second kappa shape index (κ2) is 7.53. The van der Waals surface area contributed by atoms with Crippen molar-refractivity contribution in [3.05, 3.63) is 70.6 Å². The molecule has 1 atom stereocenters. The molecule has 0 spiro atoms. The fourth-order valence-electron chi connectivity index (χ4n) is 3.40. The number of amides is 1. The molecule has 3 aromatic rings. The van der Waals surface area contributed by atoms with E-state index in [9.17, 15) is 4.79 Å². The van der Waals surface area contributed by atoms with E-state index in [1.54, 1.807) is 4.90 Å². The molecule has 0 aliphatic carbocycles. The van der Waals surface area contributed by atoms with Crippen LogP contribution < -0.4 is 0 Å². The van der Waals surface area contributed by atoms with Crippen molar-refractivity contribution in [1.82, 2.24) is 15.0 Å². The number of carbonyl (C=O) groups excluding carboxylic acids is 1. The highest BCUT2D eigenvalue weighted by Crippen LogP contribution is 2.34. The lowest BCUT2D eigenvalue weighted by molar-refractivity contribution is -0.129. The topological polar surface area (TPSA) is 59.2 Å². The lowest BCUT2D eigenvalue weighted by Gasteiger charge is -2.22. The molecule has 0 bridgehead atoms. The van der Waals surface area contributed by atoms with E-state index in [-0.39, 0.29) is 11.9 Å². The summed E-state index contributed by atoms with van der Waals surface area (Å²) in [4.78, 5) is 18.8. The first-order chi connectivity index (χ1) is 13.1. The van der Waals surface area contributed by atoms with E-state index in [1.807, 2.05) is 36.4 Å². The van der Waals surface area contributed by atoms with Crippen LogP contribution in [-0.2, 0) is 17.8 Å². The number of carbonyl (C=O) groups is 1. The Labute approximate surface area is 163 Å². The fraction of sp³-hybridized carbons (Fsp3) is 0.286. The Hall–Kier alpha value is -2.66.